The molecule has 0 amide bonds. The van der Waals surface area contributed by atoms with Crippen LogP contribution in [0.3, 0.4) is 0 Å². The Morgan fingerprint density at radius 3 is 2.38 bits per heavy atom. The Labute approximate surface area is 96.3 Å². The van der Waals surface area contributed by atoms with E-state index >= 15 is 0 Å². The summed E-state index contributed by atoms with van der Waals surface area (Å²) in [6.07, 6.45) is 6.66. The molecule has 4 nitrogen and oxygen atoms in total. The highest BCUT2D eigenvalue weighted by atomic mass is 16.4. The summed E-state index contributed by atoms with van der Waals surface area (Å²) in [5.41, 5.74) is 0. The standard InChI is InChI=1S/C12H22O4/c13-8-10(12(15)16)11(14)7-6-9-4-2-1-3-5-9/h9-11,13-14H,1-8H2,(H,15,16). The number of aliphatic carboxylic acids is 1. The van der Waals surface area contributed by atoms with Crippen molar-refractivity contribution in [2.45, 2.75) is 51.0 Å². The summed E-state index contributed by atoms with van der Waals surface area (Å²) in [6, 6.07) is 0. The number of aliphatic hydroxyl groups excluding tert-OH is 2. The molecule has 4 heteroatoms. The van der Waals surface area contributed by atoms with Crippen molar-refractivity contribution in [3.05, 3.63) is 0 Å². The highest BCUT2D eigenvalue weighted by Gasteiger charge is 2.26. The molecule has 0 aromatic rings. The molecule has 1 aliphatic rings. The van der Waals surface area contributed by atoms with Gasteiger partial charge in [-0.2, -0.15) is 0 Å². The molecule has 0 spiro atoms. The number of rotatable bonds is 6. The Hall–Kier alpha value is -0.610. The molecular formula is C12H22O4. The van der Waals surface area contributed by atoms with E-state index in [1.807, 2.05) is 0 Å². The van der Waals surface area contributed by atoms with Crippen molar-refractivity contribution in [3.8, 4) is 0 Å². The van der Waals surface area contributed by atoms with Crippen LogP contribution in [-0.4, -0.2) is 34.0 Å². The SMILES string of the molecule is O=C(O)C(CO)C(O)CCC1CCCCC1. The second-order valence-corrected chi connectivity index (χ2v) is 4.78. The largest absolute Gasteiger partial charge is 0.481 e. The summed E-state index contributed by atoms with van der Waals surface area (Å²) in [6.45, 7) is -0.485. The summed E-state index contributed by atoms with van der Waals surface area (Å²) in [5, 5.41) is 27.3. The van der Waals surface area contributed by atoms with Gasteiger partial charge < -0.3 is 15.3 Å². The molecule has 0 aromatic heterocycles. The average Bonchev–Trinajstić information content (AvgIpc) is 2.28. The van der Waals surface area contributed by atoms with Crippen molar-refractivity contribution in [1.29, 1.82) is 0 Å². The molecule has 3 N–H and O–H groups in total. The van der Waals surface area contributed by atoms with E-state index in [1.54, 1.807) is 0 Å². The highest BCUT2D eigenvalue weighted by Crippen LogP contribution is 2.28. The number of aliphatic hydroxyl groups is 2. The van der Waals surface area contributed by atoms with Gasteiger partial charge in [0.2, 0.25) is 0 Å². The number of hydrogen-bond donors (Lipinski definition) is 3. The van der Waals surface area contributed by atoms with Crippen LogP contribution in [0.15, 0.2) is 0 Å². The third-order valence-corrected chi connectivity index (χ3v) is 3.57. The van der Waals surface area contributed by atoms with Crippen LogP contribution in [0.25, 0.3) is 0 Å². The van der Waals surface area contributed by atoms with Gasteiger partial charge in [0, 0.05) is 0 Å². The zero-order valence-corrected chi connectivity index (χ0v) is 9.64. The maximum atomic E-state index is 10.7. The fourth-order valence-corrected chi connectivity index (χ4v) is 2.45. The monoisotopic (exact) mass is 230 g/mol. The minimum Gasteiger partial charge on any atom is -0.481 e. The van der Waals surface area contributed by atoms with Gasteiger partial charge in [-0.3, -0.25) is 4.79 Å². The van der Waals surface area contributed by atoms with E-state index in [4.69, 9.17) is 10.2 Å². The lowest BCUT2D eigenvalue weighted by molar-refractivity contribution is -0.147. The molecule has 0 heterocycles. The van der Waals surface area contributed by atoms with E-state index in [9.17, 15) is 9.90 Å². The van der Waals surface area contributed by atoms with Gasteiger partial charge in [0.05, 0.1) is 12.7 Å². The van der Waals surface area contributed by atoms with Crippen molar-refractivity contribution in [2.24, 2.45) is 11.8 Å². The smallest absolute Gasteiger partial charge is 0.311 e. The predicted molar refractivity (Wildman–Crippen MR) is 60.0 cm³/mol. The lowest BCUT2D eigenvalue weighted by Gasteiger charge is -2.24. The molecule has 0 bridgehead atoms. The van der Waals surface area contributed by atoms with Crippen LogP contribution in [0.2, 0.25) is 0 Å². The number of carboxylic acids is 1. The molecular weight excluding hydrogens is 208 g/mol. The Balaban J connectivity index is 2.27. The zero-order valence-electron chi connectivity index (χ0n) is 9.64. The number of carboxylic acid groups (broad SMARTS) is 1. The normalized spacial score (nSPS) is 21.6. The summed E-state index contributed by atoms with van der Waals surface area (Å²) in [5.74, 6) is -1.50. The van der Waals surface area contributed by atoms with Crippen LogP contribution in [0.5, 0.6) is 0 Å². The lowest BCUT2D eigenvalue weighted by Crippen LogP contribution is -2.31. The minimum atomic E-state index is -1.11. The van der Waals surface area contributed by atoms with E-state index in [2.05, 4.69) is 0 Å². The van der Waals surface area contributed by atoms with E-state index in [0.717, 1.165) is 6.42 Å². The van der Waals surface area contributed by atoms with Gasteiger partial charge in [0.25, 0.3) is 0 Å². The third kappa shape index (κ3) is 4.10. The summed E-state index contributed by atoms with van der Waals surface area (Å²) < 4.78 is 0. The number of hydrogen-bond acceptors (Lipinski definition) is 3. The van der Waals surface area contributed by atoms with Crippen LogP contribution in [-0.2, 0) is 4.79 Å². The van der Waals surface area contributed by atoms with E-state index in [-0.39, 0.29) is 0 Å². The first kappa shape index (κ1) is 13.5. The first-order valence-electron chi connectivity index (χ1n) is 6.17. The maximum absolute atomic E-state index is 10.7. The van der Waals surface area contributed by atoms with E-state index < -0.39 is 24.6 Å². The summed E-state index contributed by atoms with van der Waals surface area (Å²) in [7, 11) is 0. The van der Waals surface area contributed by atoms with Crippen molar-refractivity contribution in [1.82, 2.24) is 0 Å². The molecule has 2 unspecified atom stereocenters. The van der Waals surface area contributed by atoms with Crippen LogP contribution in [0, 0.1) is 11.8 Å². The molecule has 0 aliphatic heterocycles. The molecule has 0 saturated heterocycles. The lowest BCUT2D eigenvalue weighted by atomic mass is 9.84. The number of carbonyl (C=O) groups is 1. The first-order chi connectivity index (χ1) is 7.65. The van der Waals surface area contributed by atoms with Gasteiger partial charge >= 0.3 is 5.97 Å². The van der Waals surface area contributed by atoms with Gasteiger partial charge in [-0.1, -0.05) is 32.1 Å². The topological polar surface area (TPSA) is 77.8 Å². The quantitative estimate of drug-likeness (QED) is 0.644. The van der Waals surface area contributed by atoms with Gasteiger partial charge in [-0.25, -0.2) is 0 Å². The van der Waals surface area contributed by atoms with Crippen LogP contribution < -0.4 is 0 Å². The molecule has 0 radical (unpaired) electrons. The molecule has 1 fully saturated rings. The maximum Gasteiger partial charge on any atom is 0.311 e. The van der Waals surface area contributed by atoms with Gasteiger partial charge in [-0.15, -0.1) is 0 Å². The van der Waals surface area contributed by atoms with E-state index in [0.29, 0.717) is 12.3 Å². The van der Waals surface area contributed by atoms with Crippen LogP contribution in [0.4, 0.5) is 0 Å². The molecule has 2 atom stereocenters. The van der Waals surface area contributed by atoms with Gasteiger partial charge in [0.15, 0.2) is 0 Å². The van der Waals surface area contributed by atoms with Crippen LogP contribution >= 0.6 is 0 Å². The van der Waals surface area contributed by atoms with E-state index in [1.165, 1.54) is 32.1 Å². The highest BCUT2D eigenvalue weighted by molar-refractivity contribution is 5.70. The molecule has 1 aliphatic carbocycles. The molecule has 1 saturated carbocycles. The predicted octanol–water partition coefficient (Wildman–Crippen LogP) is 1.40. The van der Waals surface area contributed by atoms with Crippen molar-refractivity contribution in [3.63, 3.8) is 0 Å². The average molecular weight is 230 g/mol. The van der Waals surface area contributed by atoms with Crippen molar-refractivity contribution < 1.29 is 20.1 Å². The van der Waals surface area contributed by atoms with Crippen molar-refractivity contribution >= 4 is 5.97 Å². The van der Waals surface area contributed by atoms with Crippen LogP contribution in [0.1, 0.15) is 44.9 Å². The van der Waals surface area contributed by atoms with Crippen molar-refractivity contribution in [2.75, 3.05) is 6.61 Å². The second-order valence-electron chi connectivity index (χ2n) is 4.78. The second kappa shape index (κ2) is 6.86. The zero-order chi connectivity index (χ0) is 12.0. The molecule has 94 valence electrons. The molecule has 0 aromatic carbocycles. The Kier molecular flexibility index (Phi) is 5.77. The Bertz CT molecular complexity index is 211. The van der Waals surface area contributed by atoms with Gasteiger partial charge in [0.1, 0.15) is 5.92 Å². The fraction of sp³-hybridized carbons (Fsp3) is 0.917. The summed E-state index contributed by atoms with van der Waals surface area (Å²) >= 11 is 0. The minimum absolute atomic E-state index is 0.485. The Morgan fingerprint density at radius 1 is 1.25 bits per heavy atom. The summed E-state index contributed by atoms with van der Waals surface area (Å²) in [4.78, 5) is 10.7. The fourth-order valence-electron chi connectivity index (χ4n) is 2.45. The van der Waals surface area contributed by atoms with Gasteiger partial charge in [-0.05, 0) is 18.8 Å². The Morgan fingerprint density at radius 2 is 1.88 bits per heavy atom. The molecule has 1 rings (SSSR count). The first-order valence-corrected chi connectivity index (χ1v) is 6.17. The third-order valence-electron chi connectivity index (χ3n) is 3.57. The molecule has 16 heavy (non-hydrogen) atoms.